The maximum Gasteiger partial charge on any atom is 0.352 e. The number of pyridine rings is 1. The van der Waals surface area contributed by atoms with Crippen LogP contribution in [0.4, 0.5) is 5.13 Å². The maximum absolute atomic E-state index is 13.1. The predicted molar refractivity (Wildman–Crippen MR) is 143 cm³/mol. The Hall–Kier alpha value is -3.67. The molecule has 0 radical (unpaired) electrons. The summed E-state index contributed by atoms with van der Waals surface area (Å²) in [5, 5.41) is 26.0. The van der Waals surface area contributed by atoms with Gasteiger partial charge >= 0.3 is 5.97 Å². The Morgan fingerprint density at radius 3 is 2.92 bits per heavy atom. The van der Waals surface area contributed by atoms with Crippen molar-refractivity contribution in [3.63, 3.8) is 0 Å². The lowest BCUT2D eigenvalue weighted by Gasteiger charge is -2.49. The van der Waals surface area contributed by atoms with Crippen LogP contribution in [0.25, 0.3) is 5.65 Å². The van der Waals surface area contributed by atoms with Gasteiger partial charge in [0.25, 0.3) is 17.5 Å². The van der Waals surface area contributed by atoms with Gasteiger partial charge in [-0.1, -0.05) is 16.9 Å². The minimum Gasteiger partial charge on any atom is -0.477 e. The molecule has 5 heterocycles. The van der Waals surface area contributed by atoms with Gasteiger partial charge in [0.2, 0.25) is 11.5 Å². The Bertz CT molecular complexity index is 1520. The molecule has 2 atom stereocenters. The van der Waals surface area contributed by atoms with E-state index in [0.29, 0.717) is 17.1 Å². The fourth-order valence-corrected chi connectivity index (χ4v) is 6.86. The van der Waals surface area contributed by atoms with E-state index in [-0.39, 0.29) is 35.5 Å². The molecular formula is C22H23N8O6S3+. The van der Waals surface area contributed by atoms with Gasteiger partial charge in [-0.3, -0.25) is 14.5 Å². The van der Waals surface area contributed by atoms with E-state index in [4.69, 9.17) is 10.6 Å². The molecule has 0 aliphatic carbocycles. The number of carbonyl (C=O) groups excluding carboxylic acids is 2. The van der Waals surface area contributed by atoms with Crippen LogP contribution in [0.1, 0.15) is 5.82 Å². The highest BCUT2D eigenvalue weighted by atomic mass is 32.2. The van der Waals surface area contributed by atoms with E-state index in [0.717, 1.165) is 22.2 Å². The van der Waals surface area contributed by atoms with Gasteiger partial charge in [0.05, 0.1) is 6.61 Å². The number of carboxylic acids is 1. The van der Waals surface area contributed by atoms with Crippen molar-refractivity contribution in [2.45, 2.75) is 23.0 Å². The van der Waals surface area contributed by atoms with Crippen molar-refractivity contribution in [2.75, 3.05) is 31.0 Å². The SMILES string of the molecule is CO/N=C(\C(=O)N[C@@H]1C(=O)N2C(C(=O)O)=C(C[n+]3ccn4c(SCCO)cccc43)CS[C@@H]12)c1nsc(N)n1. The van der Waals surface area contributed by atoms with Gasteiger partial charge in [-0.2, -0.15) is 13.8 Å². The van der Waals surface area contributed by atoms with Gasteiger partial charge in [0, 0.05) is 34.7 Å². The van der Waals surface area contributed by atoms with Gasteiger partial charge in [-0.25, -0.2) is 9.36 Å². The smallest absolute Gasteiger partial charge is 0.352 e. The number of nitrogens with zero attached hydrogens (tertiary/aromatic N) is 6. The second-order valence-corrected chi connectivity index (χ2v) is 11.3. The number of oxime groups is 1. The second kappa shape index (κ2) is 11.2. The number of thioether (sulfide) groups is 2. The summed E-state index contributed by atoms with van der Waals surface area (Å²) in [6.45, 7) is 0.312. The number of aliphatic hydroxyl groups is 1. The predicted octanol–water partition coefficient (Wildman–Crippen LogP) is -0.466. The van der Waals surface area contributed by atoms with Crippen molar-refractivity contribution >= 4 is 69.3 Å². The first-order valence-corrected chi connectivity index (χ1v) is 14.3. The molecule has 3 aromatic rings. The molecule has 5 rings (SSSR count). The lowest BCUT2D eigenvalue weighted by atomic mass is 10.0. The molecule has 3 aromatic heterocycles. The molecule has 2 amide bonds. The number of amides is 2. The third-order valence-electron chi connectivity index (χ3n) is 5.95. The molecule has 0 saturated carbocycles. The van der Waals surface area contributed by atoms with Crippen LogP contribution in [0.15, 0.2) is 52.0 Å². The zero-order chi connectivity index (χ0) is 27.7. The molecule has 39 heavy (non-hydrogen) atoms. The van der Waals surface area contributed by atoms with Gasteiger partial charge < -0.3 is 26.1 Å². The molecule has 0 bridgehead atoms. The highest BCUT2D eigenvalue weighted by molar-refractivity contribution is 8.00. The number of hydrogen-bond donors (Lipinski definition) is 4. The van der Waals surface area contributed by atoms with Crippen molar-refractivity contribution in [3.05, 3.63) is 47.7 Å². The summed E-state index contributed by atoms with van der Waals surface area (Å²) >= 11 is 3.74. The van der Waals surface area contributed by atoms with Crippen molar-refractivity contribution in [2.24, 2.45) is 5.16 Å². The molecule has 0 spiro atoms. The van der Waals surface area contributed by atoms with E-state index in [2.05, 4.69) is 19.8 Å². The van der Waals surface area contributed by atoms with Crippen LogP contribution in [0.2, 0.25) is 0 Å². The summed E-state index contributed by atoms with van der Waals surface area (Å²) in [4.78, 5) is 48.2. The summed E-state index contributed by atoms with van der Waals surface area (Å²) in [5.41, 5.74) is 6.67. The van der Waals surface area contributed by atoms with Gasteiger partial charge in [0.1, 0.15) is 43.2 Å². The summed E-state index contributed by atoms with van der Waals surface area (Å²) in [5.74, 6) is -1.67. The quantitative estimate of drug-likeness (QED) is 0.0785. The van der Waals surface area contributed by atoms with Crippen molar-refractivity contribution in [1.82, 2.24) is 24.0 Å². The first-order valence-electron chi connectivity index (χ1n) is 11.5. The average Bonchev–Trinajstić information content (AvgIpc) is 3.54. The first kappa shape index (κ1) is 26.9. The lowest BCUT2D eigenvalue weighted by molar-refractivity contribution is -0.662. The summed E-state index contributed by atoms with van der Waals surface area (Å²) in [6, 6.07) is 4.78. The van der Waals surface area contributed by atoms with E-state index in [1.807, 2.05) is 39.6 Å². The van der Waals surface area contributed by atoms with E-state index in [9.17, 15) is 24.6 Å². The van der Waals surface area contributed by atoms with Gasteiger partial charge in [-0.15, -0.1) is 11.8 Å². The average molecular weight is 592 g/mol. The molecular weight excluding hydrogens is 568 g/mol. The number of imidazole rings is 1. The molecule has 2 aliphatic rings. The zero-order valence-corrected chi connectivity index (χ0v) is 22.8. The molecule has 17 heteroatoms. The number of carboxylic acid groups (broad SMARTS) is 1. The number of hydrogen-bond acceptors (Lipinski definition) is 12. The number of fused-ring (bicyclic) bond motifs is 2. The van der Waals surface area contributed by atoms with Gasteiger partial charge in [0.15, 0.2) is 10.2 Å². The van der Waals surface area contributed by atoms with Crippen LogP contribution in [0.5, 0.6) is 0 Å². The Morgan fingerprint density at radius 2 is 2.23 bits per heavy atom. The van der Waals surface area contributed by atoms with Crippen LogP contribution in [-0.4, -0.2) is 89.0 Å². The third-order valence-corrected chi connectivity index (χ3v) is 8.85. The summed E-state index contributed by atoms with van der Waals surface area (Å²) in [6.07, 6.45) is 3.72. The summed E-state index contributed by atoms with van der Waals surface area (Å²) < 4.78 is 7.83. The van der Waals surface area contributed by atoms with E-state index >= 15 is 0 Å². The number of nitrogens with one attached hydrogen (secondary N) is 1. The van der Waals surface area contributed by atoms with Crippen LogP contribution in [0, 0.1) is 0 Å². The Labute approximate surface area is 233 Å². The fraction of sp³-hybridized carbons (Fsp3) is 0.318. The van der Waals surface area contributed by atoms with E-state index < -0.39 is 29.2 Å². The lowest BCUT2D eigenvalue weighted by Crippen LogP contribution is -2.71. The number of anilines is 1. The standard InChI is InChI=1S/C22H22N8O6S3/c1-36-26-14(17-25-22(23)39-27-17)18(32)24-15-19(33)30-16(21(34)35)11(10-38-20(15)30)9-28-5-6-29-12(28)3-2-4-13(29)37-8-7-31/h2-6,15,20,31H,7-10H2,1H3,(H3-,23,24,25,27,32,34,35)/p+1/b26-14-/t15-,20+/m1/s1. The normalized spacial score (nSPS) is 19.2. The number of nitrogens with two attached hydrogens (primary N) is 1. The van der Waals surface area contributed by atoms with Crippen LogP contribution in [0.3, 0.4) is 0 Å². The third kappa shape index (κ3) is 5.05. The number of aliphatic carboxylic acids is 1. The number of nitrogen functional groups attached to an aromatic ring is 1. The monoisotopic (exact) mass is 591 g/mol. The van der Waals surface area contributed by atoms with Crippen molar-refractivity contribution < 1.29 is 34.0 Å². The number of β-lactam (4-membered cyclic amide) rings is 1. The van der Waals surface area contributed by atoms with Gasteiger partial charge in [-0.05, 0) is 12.1 Å². The fourth-order valence-electron chi connectivity index (χ4n) is 4.33. The topological polar surface area (TPSA) is 189 Å². The largest absolute Gasteiger partial charge is 0.477 e. The molecule has 204 valence electrons. The van der Waals surface area contributed by atoms with Crippen LogP contribution in [-0.2, 0) is 25.8 Å². The van der Waals surface area contributed by atoms with Crippen LogP contribution >= 0.6 is 35.1 Å². The Morgan fingerprint density at radius 1 is 1.41 bits per heavy atom. The highest BCUT2D eigenvalue weighted by Crippen LogP contribution is 2.40. The first-order chi connectivity index (χ1) is 18.8. The molecule has 5 N–H and O–H groups in total. The number of rotatable bonds is 10. The van der Waals surface area contributed by atoms with E-state index in [1.54, 1.807) is 0 Å². The summed E-state index contributed by atoms with van der Waals surface area (Å²) in [7, 11) is 1.25. The van der Waals surface area contributed by atoms with Crippen LogP contribution < -0.4 is 15.6 Å². The minimum atomic E-state index is -1.22. The number of carbonyl (C=O) groups is 3. The molecule has 14 nitrogen and oxygen atoms in total. The number of aromatic nitrogens is 4. The molecule has 1 saturated heterocycles. The minimum absolute atomic E-state index is 0.0417. The zero-order valence-electron chi connectivity index (χ0n) is 20.4. The Balaban J connectivity index is 1.36. The molecule has 2 aliphatic heterocycles. The highest BCUT2D eigenvalue weighted by Gasteiger charge is 2.54. The second-order valence-electron chi connectivity index (χ2n) is 8.29. The van der Waals surface area contributed by atoms with Crippen molar-refractivity contribution in [1.29, 1.82) is 0 Å². The molecule has 0 unspecified atom stereocenters. The van der Waals surface area contributed by atoms with Crippen molar-refractivity contribution in [3.8, 4) is 0 Å². The Kier molecular flexibility index (Phi) is 7.74. The van der Waals surface area contributed by atoms with E-state index in [1.165, 1.54) is 35.5 Å². The number of aliphatic hydroxyl groups excluding tert-OH is 1. The maximum atomic E-state index is 13.1. The molecule has 0 aromatic carbocycles. The molecule has 1 fully saturated rings.